The van der Waals surface area contributed by atoms with E-state index in [1.54, 1.807) is 22.4 Å². The van der Waals surface area contributed by atoms with Crippen LogP contribution in [0.5, 0.6) is 5.88 Å². The number of nitrogens with zero attached hydrogens (tertiary/aromatic N) is 3. The Hall–Kier alpha value is -3.79. The zero-order valence-corrected chi connectivity index (χ0v) is 19.7. The van der Waals surface area contributed by atoms with E-state index in [1.165, 1.54) is 19.4 Å². The quantitative estimate of drug-likeness (QED) is 0.541. The van der Waals surface area contributed by atoms with E-state index in [2.05, 4.69) is 22.2 Å². The first-order chi connectivity index (χ1) is 16.4. The molecule has 1 aromatic carbocycles. The highest BCUT2D eigenvalue weighted by Gasteiger charge is 2.34. The molecule has 1 aliphatic heterocycles. The average Bonchev–Trinajstić information content (AvgIpc) is 3.38. The van der Waals surface area contributed by atoms with E-state index in [0.717, 1.165) is 29.0 Å². The SMILES string of the molecule is COc1ncc(NC(=O)C(=O)N2C[C@H](C)CC[C@H]2c2ccc(-c3nccs3)cc2)cc1C(N)=O. The fourth-order valence-electron chi connectivity index (χ4n) is 4.11. The molecule has 10 heteroatoms. The Morgan fingerprint density at radius 3 is 2.59 bits per heavy atom. The summed E-state index contributed by atoms with van der Waals surface area (Å²) >= 11 is 1.56. The van der Waals surface area contributed by atoms with Gasteiger partial charge in [0.2, 0.25) is 5.88 Å². The third-order valence-corrected chi connectivity index (χ3v) is 6.64. The van der Waals surface area contributed by atoms with Gasteiger partial charge in [-0.1, -0.05) is 31.2 Å². The number of benzene rings is 1. The van der Waals surface area contributed by atoms with Crippen molar-refractivity contribution >= 4 is 34.7 Å². The summed E-state index contributed by atoms with van der Waals surface area (Å²) in [5.41, 5.74) is 7.53. The van der Waals surface area contributed by atoms with Gasteiger partial charge in [-0.25, -0.2) is 9.97 Å². The van der Waals surface area contributed by atoms with Crippen molar-refractivity contribution < 1.29 is 19.1 Å². The zero-order valence-electron chi connectivity index (χ0n) is 18.9. The smallest absolute Gasteiger partial charge is 0.313 e. The molecule has 0 bridgehead atoms. The topological polar surface area (TPSA) is 128 Å². The number of nitrogens with two attached hydrogens (primary N) is 1. The minimum atomic E-state index is -0.805. The molecule has 1 aliphatic rings. The summed E-state index contributed by atoms with van der Waals surface area (Å²) in [6, 6.07) is 9.08. The molecular formula is C24H25N5O4S. The highest BCUT2D eigenvalue weighted by atomic mass is 32.1. The Balaban J connectivity index is 1.53. The number of hydrogen-bond acceptors (Lipinski definition) is 7. The van der Waals surface area contributed by atoms with Crippen LogP contribution in [0.25, 0.3) is 10.6 Å². The van der Waals surface area contributed by atoms with E-state index in [4.69, 9.17) is 10.5 Å². The molecule has 9 nitrogen and oxygen atoms in total. The van der Waals surface area contributed by atoms with Crippen molar-refractivity contribution in [2.75, 3.05) is 19.0 Å². The largest absolute Gasteiger partial charge is 0.480 e. The van der Waals surface area contributed by atoms with Gasteiger partial charge < -0.3 is 20.7 Å². The molecule has 3 amide bonds. The summed E-state index contributed by atoms with van der Waals surface area (Å²) < 4.78 is 5.01. The van der Waals surface area contributed by atoms with Gasteiger partial charge in [0.25, 0.3) is 5.91 Å². The molecule has 1 saturated heterocycles. The number of piperidine rings is 1. The van der Waals surface area contributed by atoms with Crippen LogP contribution in [-0.4, -0.2) is 46.2 Å². The molecule has 34 heavy (non-hydrogen) atoms. The number of amides is 3. The van der Waals surface area contributed by atoms with E-state index >= 15 is 0 Å². The van der Waals surface area contributed by atoms with Crippen LogP contribution in [0.4, 0.5) is 5.69 Å². The molecule has 0 spiro atoms. The highest BCUT2D eigenvalue weighted by Crippen LogP contribution is 2.34. The Morgan fingerprint density at radius 1 is 1.18 bits per heavy atom. The molecule has 3 N–H and O–H groups in total. The van der Waals surface area contributed by atoms with Gasteiger partial charge in [0.05, 0.1) is 25.0 Å². The van der Waals surface area contributed by atoms with Crippen LogP contribution >= 0.6 is 11.3 Å². The third kappa shape index (κ3) is 4.91. The first kappa shape index (κ1) is 23.4. The number of rotatable bonds is 5. The van der Waals surface area contributed by atoms with Crippen molar-refractivity contribution in [3.63, 3.8) is 0 Å². The minimum absolute atomic E-state index is 0.0116. The van der Waals surface area contributed by atoms with Crippen molar-refractivity contribution in [1.29, 1.82) is 0 Å². The molecule has 2 atom stereocenters. The minimum Gasteiger partial charge on any atom is -0.480 e. The van der Waals surface area contributed by atoms with Crippen molar-refractivity contribution in [3.05, 3.63) is 59.2 Å². The van der Waals surface area contributed by atoms with E-state index < -0.39 is 17.7 Å². The number of carbonyl (C=O) groups excluding carboxylic acids is 3. The fourth-order valence-corrected chi connectivity index (χ4v) is 4.76. The molecule has 0 aliphatic carbocycles. The molecule has 4 rings (SSSR count). The van der Waals surface area contributed by atoms with Gasteiger partial charge in [-0.2, -0.15) is 0 Å². The van der Waals surface area contributed by atoms with Crippen LogP contribution < -0.4 is 15.8 Å². The van der Waals surface area contributed by atoms with E-state index in [-0.39, 0.29) is 29.1 Å². The first-order valence-electron chi connectivity index (χ1n) is 10.8. The van der Waals surface area contributed by atoms with Crippen molar-refractivity contribution in [2.24, 2.45) is 11.7 Å². The monoisotopic (exact) mass is 479 g/mol. The van der Waals surface area contributed by atoms with Gasteiger partial charge in [0.1, 0.15) is 10.6 Å². The lowest BCUT2D eigenvalue weighted by Crippen LogP contribution is -2.46. The summed E-state index contributed by atoms with van der Waals surface area (Å²) in [6.07, 6.45) is 4.78. The number of primary amides is 1. The van der Waals surface area contributed by atoms with Gasteiger partial charge in [0.15, 0.2) is 0 Å². The maximum Gasteiger partial charge on any atom is 0.313 e. The normalized spacial score (nSPS) is 17.8. The number of likely N-dealkylation sites (tertiary alicyclic amines) is 1. The Kier molecular flexibility index (Phi) is 6.87. The number of pyridine rings is 1. The number of nitrogens with one attached hydrogen (secondary N) is 1. The van der Waals surface area contributed by atoms with Crippen molar-refractivity contribution in [1.82, 2.24) is 14.9 Å². The van der Waals surface area contributed by atoms with Crippen LogP contribution in [0.15, 0.2) is 48.1 Å². The summed E-state index contributed by atoms with van der Waals surface area (Å²) in [6.45, 7) is 2.53. The second-order valence-electron chi connectivity index (χ2n) is 8.21. The standard InChI is InChI=1S/C24H25N5O4S/c1-14-3-8-19(15-4-6-16(7-5-15)23-26-9-10-34-23)29(13-14)24(32)21(31)28-17-11-18(20(25)30)22(33-2)27-12-17/h4-7,9-12,14,19H,3,8,13H2,1-2H3,(H2,25,30)(H,28,31)/t14-,19+/m1/s1. The van der Waals surface area contributed by atoms with Gasteiger partial charge in [-0.15, -0.1) is 11.3 Å². The van der Waals surface area contributed by atoms with Crippen LogP contribution in [0.1, 0.15) is 41.7 Å². The predicted molar refractivity (Wildman–Crippen MR) is 128 cm³/mol. The van der Waals surface area contributed by atoms with Gasteiger partial charge in [-0.3, -0.25) is 14.4 Å². The maximum absolute atomic E-state index is 13.2. The van der Waals surface area contributed by atoms with Crippen LogP contribution in [0.2, 0.25) is 0 Å². The molecule has 0 radical (unpaired) electrons. The van der Waals surface area contributed by atoms with E-state index in [9.17, 15) is 14.4 Å². The van der Waals surface area contributed by atoms with E-state index in [1.807, 2.05) is 29.6 Å². The summed E-state index contributed by atoms with van der Waals surface area (Å²) in [4.78, 5) is 47.6. The average molecular weight is 480 g/mol. The first-order valence-corrected chi connectivity index (χ1v) is 11.7. The number of carbonyl (C=O) groups is 3. The molecule has 0 unspecified atom stereocenters. The Labute approximate surface area is 201 Å². The van der Waals surface area contributed by atoms with Crippen LogP contribution in [-0.2, 0) is 9.59 Å². The van der Waals surface area contributed by atoms with Crippen LogP contribution in [0.3, 0.4) is 0 Å². The molecule has 3 heterocycles. The van der Waals surface area contributed by atoms with Gasteiger partial charge >= 0.3 is 11.8 Å². The summed E-state index contributed by atoms with van der Waals surface area (Å²) in [7, 11) is 1.36. The van der Waals surface area contributed by atoms with Crippen molar-refractivity contribution in [2.45, 2.75) is 25.8 Å². The highest BCUT2D eigenvalue weighted by molar-refractivity contribution is 7.13. The summed E-state index contributed by atoms with van der Waals surface area (Å²) in [5, 5.41) is 5.39. The lowest BCUT2D eigenvalue weighted by atomic mass is 9.89. The number of ether oxygens (including phenoxy) is 1. The Bertz CT molecular complexity index is 1200. The molecular weight excluding hydrogens is 454 g/mol. The maximum atomic E-state index is 13.2. The van der Waals surface area contributed by atoms with Crippen LogP contribution in [0, 0.1) is 5.92 Å². The number of hydrogen-bond donors (Lipinski definition) is 2. The molecule has 1 fully saturated rings. The zero-order chi connectivity index (χ0) is 24.2. The number of methoxy groups -OCH3 is 1. The van der Waals surface area contributed by atoms with Gasteiger partial charge in [-0.05, 0) is 30.4 Å². The lowest BCUT2D eigenvalue weighted by Gasteiger charge is -2.38. The second-order valence-corrected chi connectivity index (χ2v) is 9.11. The number of anilines is 1. The van der Waals surface area contributed by atoms with E-state index in [0.29, 0.717) is 6.54 Å². The molecule has 3 aromatic rings. The van der Waals surface area contributed by atoms with Crippen molar-refractivity contribution in [3.8, 4) is 16.5 Å². The fraction of sp³-hybridized carbons (Fsp3) is 0.292. The predicted octanol–water partition coefficient (Wildman–Crippen LogP) is 3.25. The Morgan fingerprint density at radius 2 is 1.94 bits per heavy atom. The molecule has 0 saturated carbocycles. The summed E-state index contributed by atoms with van der Waals surface area (Å²) in [5.74, 6) is -1.88. The number of thiazole rings is 1. The van der Waals surface area contributed by atoms with Gasteiger partial charge in [0, 0.05) is 23.7 Å². The second kappa shape index (κ2) is 10.0. The molecule has 2 aromatic heterocycles. The molecule has 176 valence electrons. The number of aromatic nitrogens is 2. The third-order valence-electron chi connectivity index (χ3n) is 5.82. The lowest BCUT2D eigenvalue weighted by molar-refractivity contribution is -0.146.